The average molecular weight is 336 g/mol. The lowest BCUT2D eigenvalue weighted by Gasteiger charge is -2.40. The number of methoxy groups -OCH3 is 1. The Morgan fingerprint density at radius 1 is 0.920 bits per heavy atom. The van der Waals surface area contributed by atoms with Crippen molar-refractivity contribution in [1.29, 1.82) is 0 Å². The number of ether oxygens (including phenoxy) is 1. The number of rotatable bonds is 4. The van der Waals surface area contributed by atoms with Crippen LogP contribution in [0.25, 0.3) is 0 Å². The molecule has 0 bridgehead atoms. The van der Waals surface area contributed by atoms with E-state index in [2.05, 4.69) is 58.3 Å². The van der Waals surface area contributed by atoms with Crippen molar-refractivity contribution in [1.82, 2.24) is 9.80 Å². The van der Waals surface area contributed by atoms with Crippen LogP contribution in [0, 0.1) is 0 Å². The molecule has 2 aliphatic rings. The van der Waals surface area contributed by atoms with Crippen molar-refractivity contribution >= 4 is 0 Å². The lowest BCUT2D eigenvalue weighted by Crippen LogP contribution is -2.46. The van der Waals surface area contributed by atoms with Crippen LogP contribution in [0.3, 0.4) is 0 Å². The predicted molar refractivity (Wildman–Crippen MR) is 102 cm³/mol. The minimum atomic E-state index is 0.750. The third kappa shape index (κ3) is 3.88. The first-order valence-electron chi connectivity index (χ1n) is 9.48. The highest BCUT2D eigenvalue weighted by atomic mass is 16.5. The lowest BCUT2D eigenvalue weighted by molar-refractivity contribution is 0.0949. The van der Waals surface area contributed by atoms with E-state index in [0.717, 1.165) is 24.9 Å². The van der Waals surface area contributed by atoms with Gasteiger partial charge in [-0.15, -0.1) is 0 Å². The summed E-state index contributed by atoms with van der Waals surface area (Å²) in [5.74, 6) is 0.938. The molecule has 0 saturated carbocycles. The number of fused-ring (bicyclic) bond motifs is 1. The molecule has 3 nitrogen and oxygen atoms in total. The van der Waals surface area contributed by atoms with Crippen molar-refractivity contribution in [2.75, 3.05) is 26.7 Å². The van der Waals surface area contributed by atoms with Crippen LogP contribution in [-0.2, 0) is 19.5 Å². The van der Waals surface area contributed by atoms with Crippen molar-refractivity contribution < 1.29 is 4.74 Å². The molecule has 2 heterocycles. The van der Waals surface area contributed by atoms with E-state index in [4.69, 9.17) is 4.74 Å². The SMILES string of the molecule is COc1ccc(CN2CCC(N3CCc4ccccc4C3)CC2)cc1. The van der Waals surface area contributed by atoms with E-state index in [9.17, 15) is 0 Å². The van der Waals surface area contributed by atoms with Crippen LogP contribution < -0.4 is 4.74 Å². The summed E-state index contributed by atoms with van der Waals surface area (Å²) in [6.45, 7) is 5.82. The molecule has 0 aromatic heterocycles. The quantitative estimate of drug-likeness (QED) is 0.846. The van der Waals surface area contributed by atoms with E-state index < -0.39 is 0 Å². The molecule has 2 aromatic rings. The zero-order chi connectivity index (χ0) is 17.1. The minimum Gasteiger partial charge on any atom is -0.497 e. The molecule has 0 spiro atoms. The molecule has 2 aliphatic heterocycles. The van der Waals surface area contributed by atoms with E-state index >= 15 is 0 Å². The maximum atomic E-state index is 5.25. The molecule has 4 rings (SSSR count). The van der Waals surface area contributed by atoms with Gasteiger partial charge in [0.25, 0.3) is 0 Å². The highest BCUT2D eigenvalue weighted by molar-refractivity contribution is 5.29. The normalized spacial score (nSPS) is 19.6. The Morgan fingerprint density at radius 3 is 2.36 bits per heavy atom. The van der Waals surface area contributed by atoms with Crippen LogP contribution in [0.5, 0.6) is 5.75 Å². The third-order valence-electron chi connectivity index (χ3n) is 5.80. The van der Waals surface area contributed by atoms with Crippen LogP contribution in [0.2, 0.25) is 0 Å². The van der Waals surface area contributed by atoms with Gasteiger partial charge in [0.1, 0.15) is 5.75 Å². The van der Waals surface area contributed by atoms with Gasteiger partial charge >= 0.3 is 0 Å². The molecule has 2 aromatic carbocycles. The van der Waals surface area contributed by atoms with Gasteiger partial charge in [0, 0.05) is 25.7 Å². The minimum absolute atomic E-state index is 0.750. The van der Waals surface area contributed by atoms with E-state index in [1.165, 1.54) is 50.0 Å². The molecule has 0 atom stereocenters. The van der Waals surface area contributed by atoms with Gasteiger partial charge in [-0.25, -0.2) is 0 Å². The van der Waals surface area contributed by atoms with Gasteiger partial charge in [-0.3, -0.25) is 9.80 Å². The summed E-state index contributed by atoms with van der Waals surface area (Å²) >= 11 is 0. The Bertz CT molecular complexity index is 689. The predicted octanol–water partition coefficient (Wildman–Crippen LogP) is 3.72. The number of hydrogen-bond acceptors (Lipinski definition) is 3. The third-order valence-corrected chi connectivity index (χ3v) is 5.80. The van der Waals surface area contributed by atoms with Crippen molar-refractivity contribution in [3.63, 3.8) is 0 Å². The molecule has 0 unspecified atom stereocenters. The molecule has 0 radical (unpaired) electrons. The molecule has 1 saturated heterocycles. The molecule has 0 N–H and O–H groups in total. The summed E-state index contributed by atoms with van der Waals surface area (Å²) < 4.78 is 5.25. The fraction of sp³-hybridized carbons (Fsp3) is 0.455. The Balaban J connectivity index is 1.30. The second kappa shape index (κ2) is 7.59. The van der Waals surface area contributed by atoms with Gasteiger partial charge in [-0.2, -0.15) is 0 Å². The first kappa shape index (κ1) is 16.6. The summed E-state index contributed by atoms with van der Waals surface area (Å²) in [7, 11) is 1.72. The zero-order valence-electron chi connectivity index (χ0n) is 15.2. The van der Waals surface area contributed by atoms with Gasteiger partial charge in [0.2, 0.25) is 0 Å². The largest absolute Gasteiger partial charge is 0.497 e. The topological polar surface area (TPSA) is 15.7 Å². The number of likely N-dealkylation sites (tertiary alicyclic amines) is 1. The van der Waals surface area contributed by atoms with Gasteiger partial charge < -0.3 is 4.74 Å². The highest BCUT2D eigenvalue weighted by Gasteiger charge is 2.27. The second-order valence-corrected chi connectivity index (χ2v) is 7.34. The molecular formula is C22H28N2O. The first-order valence-corrected chi connectivity index (χ1v) is 9.48. The smallest absolute Gasteiger partial charge is 0.118 e. The van der Waals surface area contributed by atoms with Gasteiger partial charge in [0.15, 0.2) is 0 Å². The van der Waals surface area contributed by atoms with E-state index in [0.29, 0.717) is 0 Å². The highest BCUT2D eigenvalue weighted by Crippen LogP contribution is 2.25. The van der Waals surface area contributed by atoms with Crippen molar-refractivity contribution in [3.8, 4) is 5.75 Å². The molecule has 0 amide bonds. The van der Waals surface area contributed by atoms with Crippen LogP contribution in [0.15, 0.2) is 48.5 Å². The monoisotopic (exact) mass is 336 g/mol. The van der Waals surface area contributed by atoms with Gasteiger partial charge in [-0.05, 0) is 61.2 Å². The van der Waals surface area contributed by atoms with Gasteiger partial charge in [-0.1, -0.05) is 36.4 Å². The maximum absolute atomic E-state index is 5.25. The molecular weight excluding hydrogens is 308 g/mol. The summed E-state index contributed by atoms with van der Waals surface area (Å²) in [5, 5.41) is 0. The molecule has 1 fully saturated rings. The number of hydrogen-bond donors (Lipinski definition) is 0. The summed E-state index contributed by atoms with van der Waals surface area (Å²) in [6.07, 6.45) is 3.79. The van der Waals surface area contributed by atoms with E-state index in [-0.39, 0.29) is 0 Å². The molecule has 132 valence electrons. The fourth-order valence-corrected chi connectivity index (χ4v) is 4.26. The lowest BCUT2D eigenvalue weighted by atomic mass is 9.95. The first-order chi connectivity index (χ1) is 12.3. The van der Waals surface area contributed by atoms with Crippen molar-refractivity contribution in [3.05, 3.63) is 65.2 Å². The summed E-state index contributed by atoms with van der Waals surface area (Å²) in [5.41, 5.74) is 4.47. The molecule has 25 heavy (non-hydrogen) atoms. The molecule has 0 aliphatic carbocycles. The number of benzene rings is 2. The van der Waals surface area contributed by atoms with Crippen LogP contribution in [0.4, 0.5) is 0 Å². The summed E-state index contributed by atoms with van der Waals surface area (Å²) in [4.78, 5) is 5.31. The van der Waals surface area contributed by atoms with E-state index in [1.54, 1.807) is 12.7 Å². The maximum Gasteiger partial charge on any atom is 0.118 e. The Morgan fingerprint density at radius 2 is 1.64 bits per heavy atom. The Hall–Kier alpha value is -1.84. The standard InChI is InChI=1S/C22H28N2O/c1-25-22-8-6-18(7-9-22)16-23-13-11-21(12-14-23)24-15-10-19-4-2-3-5-20(19)17-24/h2-9,21H,10-17H2,1H3. The average Bonchev–Trinajstić information content (AvgIpc) is 2.69. The van der Waals surface area contributed by atoms with Crippen LogP contribution >= 0.6 is 0 Å². The van der Waals surface area contributed by atoms with Crippen molar-refractivity contribution in [2.24, 2.45) is 0 Å². The Labute approximate surface area is 151 Å². The number of nitrogens with zero attached hydrogens (tertiary/aromatic N) is 2. The van der Waals surface area contributed by atoms with E-state index in [1.807, 2.05) is 0 Å². The zero-order valence-corrected chi connectivity index (χ0v) is 15.2. The second-order valence-electron chi connectivity index (χ2n) is 7.34. The molecule has 3 heteroatoms. The number of piperidine rings is 1. The van der Waals surface area contributed by atoms with Crippen LogP contribution in [0.1, 0.15) is 29.5 Å². The fourth-order valence-electron chi connectivity index (χ4n) is 4.26. The van der Waals surface area contributed by atoms with Gasteiger partial charge in [0.05, 0.1) is 7.11 Å². The van der Waals surface area contributed by atoms with Crippen molar-refractivity contribution in [2.45, 2.75) is 38.4 Å². The van der Waals surface area contributed by atoms with Crippen LogP contribution in [-0.4, -0.2) is 42.6 Å². The summed E-state index contributed by atoms with van der Waals surface area (Å²) in [6, 6.07) is 18.2. The Kier molecular flexibility index (Phi) is 5.04.